The van der Waals surface area contributed by atoms with E-state index in [-0.39, 0.29) is 24.2 Å². The predicted octanol–water partition coefficient (Wildman–Crippen LogP) is 3.00. The molecule has 4 nitrogen and oxygen atoms in total. The van der Waals surface area contributed by atoms with Crippen molar-refractivity contribution in [1.82, 2.24) is 4.90 Å². The van der Waals surface area contributed by atoms with Gasteiger partial charge in [0.25, 0.3) is 0 Å². The highest BCUT2D eigenvalue weighted by Crippen LogP contribution is 2.27. The molecule has 5 heteroatoms. The molecule has 1 atom stereocenters. The van der Waals surface area contributed by atoms with Gasteiger partial charge < -0.3 is 9.80 Å². The van der Waals surface area contributed by atoms with Gasteiger partial charge in [0.2, 0.25) is 11.8 Å². The molecule has 1 aliphatic heterocycles. The molecule has 22 heavy (non-hydrogen) atoms. The van der Waals surface area contributed by atoms with Crippen molar-refractivity contribution in [3.8, 4) is 0 Å². The van der Waals surface area contributed by atoms with E-state index in [1.165, 1.54) is 0 Å². The summed E-state index contributed by atoms with van der Waals surface area (Å²) in [6, 6.07) is 7.53. The Morgan fingerprint density at radius 1 is 1.27 bits per heavy atom. The van der Waals surface area contributed by atoms with E-state index >= 15 is 0 Å². The van der Waals surface area contributed by atoms with Gasteiger partial charge >= 0.3 is 0 Å². The molecule has 2 rings (SSSR count). The van der Waals surface area contributed by atoms with Crippen LogP contribution in [0.5, 0.6) is 0 Å². The van der Waals surface area contributed by atoms with E-state index in [4.69, 9.17) is 0 Å². The number of halogens is 1. The first-order chi connectivity index (χ1) is 10.6. The van der Waals surface area contributed by atoms with Crippen LogP contribution in [0.3, 0.4) is 0 Å². The Labute approximate surface area is 139 Å². The molecule has 0 aromatic heterocycles. The molecular weight excluding hydrogens is 344 g/mol. The molecule has 1 fully saturated rings. The highest BCUT2D eigenvalue weighted by Gasteiger charge is 2.36. The molecule has 0 N–H and O–H groups in total. The maximum Gasteiger partial charge on any atom is 0.228 e. The summed E-state index contributed by atoms with van der Waals surface area (Å²) in [6.45, 7) is 8.69. The topological polar surface area (TPSA) is 40.6 Å². The van der Waals surface area contributed by atoms with E-state index in [9.17, 15) is 9.59 Å². The average Bonchev–Trinajstić information content (AvgIpc) is 2.89. The fourth-order valence-electron chi connectivity index (χ4n) is 2.57. The molecule has 2 amide bonds. The van der Waals surface area contributed by atoms with Crippen LogP contribution in [-0.4, -0.2) is 36.3 Å². The third-order valence-electron chi connectivity index (χ3n) is 3.62. The Kier molecular flexibility index (Phi) is 5.55. The van der Waals surface area contributed by atoms with E-state index in [1.807, 2.05) is 24.3 Å². The molecule has 0 unspecified atom stereocenters. The van der Waals surface area contributed by atoms with Gasteiger partial charge in [-0.15, -0.1) is 13.2 Å². The van der Waals surface area contributed by atoms with Crippen LogP contribution >= 0.6 is 15.9 Å². The Hall–Kier alpha value is -1.88. The van der Waals surface area contributed by atoms with E-state index in [2.05, 4.69) is 29.1 Å². The first-order valence-corrected chi connectivity index (χ1v) is 7.92. The fraction of sp³-hybridized carbons (Fsp3) is 0.294. The van der Waals surface area contributed by atoms with Gasteiger partial charge in [-0.05, 0) is 24.3 Å². The summed E-state index contributed by atoms with van der Waals surface area (Å²) in [5, 5.41) is 0. The highest BCUT2D eigenvalue weighted by molar-refractivity contribution is 9.10. The Balaban J connectivity index is 2.10. The van der Waals surface area contributed by atoms with Crippen LogP contribution in [0.25, 0.3) is 0 Å². The molecule has 1 aromatic rings. The third-order valence-corrected chi connectivity index (χ3v) is 4.15. The van der Waals surface area contributed by atoms with Crippen LogP contribution in [0.1, 0.15) is 6.42 Å². The number of benzene rings is 1. The maximum absolute atomic E-state index is 12.5. The Morgan fingerprint density at radius 2 is 1.86 bits per heavy atom. The van der Waals surface area contributed by atoms with Crippen molar-refractivity contribution in [3.63, 3.8) is 0 Å². The lowest BCUT2D eigenvalue weighted by Crippen LogP contribution is -2.37. The lowest BCUT2D eigenvalue weighted by Gasteiger charge is -2.23. The summed E-state index contributed by atoms with van der Waals surface area (Å²) in [7, 11) is 0. The Morgan fingerprint density at radius 3 is 2.41 bits per heavy atom. The number of amides is 2. The van der Waals surface area contributed by atoms with E-state index in [0.29, 0.717) is 19.6 Å². The molecule has 0 saturated carbocycles. The minimum Gasteiger partial charge on any atom is -0.335 e. The van der Waals surface area contributed by atoms with Crippen LogP contribution < -0.4 is 4.90 Å². The quantitative estimate of drug-likeness (QED) is 0.729. The van der Waals surface area contributed by atoms with Crippen molar-refractivity contribution in [2.45, 2.75) is 6.42 Å². The van der Waals surface area contributed by atoms with Crippen molar-refractivity contribution in [2.24, 2.45) is 5.92 Å². The monoisotopic (exact) mass is 362 g/mol. The molecule has 0 spiro atoms. The average molecular weight is 363 g/mol. The zero-order valence-corrected chi connectivity index (χ0v) is 14.0. The van der Waals surface area contributed by atoms with Crippen LogP contribution in [0.4, 0.5) is 5.69 Å². The number of nitrogens with zero attached hydrogens (tertiary/aromatic N) is 2. The molecule has 0 bridgehead atoms. The molecule has 1 aromatic carbocycles. The van der Waals surface area contributed by atoms with Crippen molar-refractivity contribution in [2.75, 3.05) is 24.5 Å². The van der Waals surface area contributed by atoms with Crippen LogP contribution in [0, 0.1) is 5.92 Å². The standard InChI is InChI=1S/C17H19BrN2O2/c1-3-9-19(10-4-2)17(22)13-11-16(21)20(12-13)15-7-5-14(18)6-8-15/h3-8,13H,1-2,9-12H2/t13-/m0/s1. The van der Waals surface area contributed by atoms with Crippen molar-refractivity contribution in [1.29, 1.82) is 0 Å². The van der Waals surface area contributed by atoms with E-state index in [1.54, 1.807) is 22.0 Å². The fourth-order valence-corrected chi connectivity index (χ4v) is 2.83. The maximum atomic E-state index is 12.5. The SMILES string of the molecule is C=CCN(CC=C)C(=O)[C@H]1CC(=O)N(c2ccc(Br)cc2)C1. The summed E-state index contributed by atoms with van der Waals surface area (Å²) < 4.78 is 0.957. The van der Waals surface area contributed by atoms with Gasteiger partial charge in [-0.2, -0.15) is 0 Å². The first-order valence-electron chi connectivity index (χ1n) is 7.13. The highest BCUT2D eigenvalue weighted by atomic mass is 79.9. The lowest BCUT2D eigenvalue weighted by atomic mass is 10.1. The second kappa shape index (κ2) is 7.40. The number of anilines is 1. The smallest absolute Gasteiger partial charge is 0.228 e. The zero-order chi connectivity index (χ0) is 16.1. The van der Waals surface area contributed by atoms with Gasteiger partial charge in [0, 0.05) is 36.2 Å². The Bertz CT molecular complexity index is 573. The van der Waals surface area contributed by atoms with Crippen molar-refractivity contribution < 1.29 is 9.59 Å². The second-order valence-electron chi connectivity index (χ2n) is 5.20. The number of rotatable bonds is 6. The molecule has 1 heterocycles. The summed E-state index contributed by atoms with van der Waals surface area (Å²) in [5.74, 6) is -0.346. The van der Waals surface area contributed by atoms with Gasteiger partial charge in [0.1, 0.15) is 0 Å². The summed E-state index contributed by atoms with van der Waals surface area (Å²) in [6.07, 6.45) is 3.62. The number of hydrogen-bond acceptors (Lipinski definition) is 2. The van der Waals surface area contributed by atoms with Crippen molar-refractivity contribution >= 4 is 33.4 Å². The third kappa shape index (κ3) is 3.65. The lowest BCUT2D eigenvalue weighted by molar-refractivity contribution is -0.134. The molecule has 116 valence electrons. The van der Waals surface area contributed by atoms with Gasteiger partial charge in [-0.1, -0.05) is 28.1 Å². The van der Waals surface area contributed by atoms with Gasteiger partial charge in [-0.25, -0.2) is 0 Å². The normalized spacial score (nSPS) is 17.4. The summed E-state index contributed by atoms with van der Waals surface area (Å²) in [4.78, 5) is 28.1. The number of carbonyl (C=O) groups excluding carboxylic acids is 2. The van der Waals surface area contributed by atoms with Gasteiger partial charge in [0.15, 0.2) is 0 Å². The predicted molar refractivity (Wildman–Crippen MR) is 91.6 cm³/mol. The van der Waals surface area contributed by atoms with Crippen LogP contribution in [0.2, 0.25) is 0 Å². The van der Waals surface area contributed by atoms with Crippen LogP contribution in [-0.2, 0) is 9.59 Å². The molecular formula is C17H19BrN2O2. The first kappa shape index (κ1) is 16.5. The molecule has 0 radical (unpaired) electrons. The molecule has 0 aliphatic carbocycles. The van der Waals surface area contributed by atoms with Gasteiger partial charge in [-0.3, -0.25) is 9.59 Å². The molecule has 1 saturated heterocycles. The zero-order valence-electron chi connectivity index (χ0n) is 12.4. The molecule has 1 aliphatic rings. The number of carbonyl (C=O) groups is 2. The minimum absolute atomic E-state index is 0.0159. The second-order valence-corrected chi connectivity index (χ2v) is 6.12. The van der Waals surface area contributed by atoms with E-state index < -0.39 is 0 Å². The van der Waals surface area contributed by atoms with Gasteiger partial charge in [0.05, 0.1) is 5.92 Å². The number of hydrogen-bond donors (Lipinski definition) is 0. The van der Waals surface area contributed by atoms with Crippen LogP contribution in [0.15, 0.2) is 54.0 Å². The minimum atomic E-state index is -0.309. The summed E-state index contributed by atoms with van der Waals surface area (Å²) in [5.41, 5.74) is 0.822. The largest absolute Gasteiger partial charge is 0.335 e. The van der Waals surface area contributed by atoms with Crippen molar-refractivity contribution in [3.05, 3.63) is 54.0 Å². The van der Waals surface area contributed by atoms with E-state index in [0.717, 1.165) is 10.2 Å². The summed E-state index contributed by atoms with van der Waals surface area (Å²) >= 11 is 3.37.